The van der Waals surface area contributed by atoms with Gasteiger partial charge in [0.15, 0.2) is 11.5 Å². The van der Waals surface area contributed by atoms with Crippen LogP contribution in [0.1, 0.15) is 23.3 Å². The van der Waals surface area contributed by atoms with Gasteiger partial charge >= 0.3 is 5.97 Å². The SMILES string of the molecule is Nc1nccnc1C(=O)OC1CCOCC1. The standard InChI is InChI=1S/C10H13N3O3/c11-9-8(12-3-4-13-9)10(14)16-7-1-5-15-6-2-7/h3-4,7H,1-2,5-6H2,(H2,11,13). The summed E-state index contributed by atoms with van der Waals surface area (Å²) in [7, 11) is 0. The maximum Gasteiger partial charge on any atom is 0.361 e. The normalized spacial score (nSPS) is 17.0. The fraction of sp³-hybridized carbons (Fsp3) is 0.500. The van der Waals surface area contributed by atoms with Gasteiger partial charge in [-0.05, 0) is 0 Å². The molecule has 0 aromatic carbocycles. The highest BCUT2D eigenvalue weighted by molar-refractivity contribution is 5.91. The Hall–Kier alpha value is -1.69. The molecule has 1 fully saturated rings. The molecule has 0 amide bonds. The maximum atomic E-state index is 11.7. The van der Waals surface area contributed by atoms with Crippen molar-refractivity contribution in [3.05, 3.63) is 18.1 Å². The quantitative estimate of drug-likeness (QED) is 0.730. The number of esters is 1. The molecule has 0 aliphatic carbocycles. The summed E-state index contributed by atoms with van der Waals surface area (Å²) in [5.74, 6) is -0.419. The lowest BCUT2D eigenvalue weighted by Crippen LogP contribution is -2.27. The van der Waals surface area contributed by atoms with Gasteiger partial charge in [0.05, 0.1) is 13.2 Å². The lowest BCUT2D eigenvalue weighted by molar-refractivity contribution is -0.0162. The van der Waals surface area contributed by atoms with Crippen molar-refractivity contribution in [2.45, 2.75) is 18.9 Å². The van der Waals surface area contributed by atoms with E-state index in [1.165, 1.54) is 12.4 Å². The van der Waals surface area contributed by atoms with Crippen molar-refractivity contribution in [3.63, 3.8) is 0 Å². The zero-order chi connectivity index (χ0) is 11.4. The summed E-state index contributed by atoms with van der Waals surface area (Å²) in [6.45, 7) is 1.24. The number of ether oxygens (including phenoxy) is 2. The topological polar surface area (TPSA) is 87.3 Å². The molecule has 2 rings (SSSR count). The van der Waals surface area contributed by atoms with E-state index in [0.29, 0.717) is 26.1 Å². The number of anilines is 1. The third-order valence-corrected chi connectivity index (χ3v) is 2.36. The number of nitrogen functional groups attached to an aromatic ring is 1. The Morgan fingerprint density at radius 3 is 2.75 bits per heavy atom. The van der Waals surface area contributed by atoms with Crippen LogP contribution in [0.3, 0.4) is 0 Å². The molecule has 0 spiro atoms. The zero-order valence-electron chi connectivity index (χ0n) is 8.76. The third-order valence-electron chi connectivity index (χ3n) is 2.36. The Balaban J connectivity index is 2.00. The molecule has 0 radical (unpaired) electrons. The van der Waals surface area contributed by atoms with E-state index in [4.69, 9.17) is 15.2 Å². The van der Waals surface area contributed by atoms with Crippen LogP contribution in [0.2, 0.25) is 0 Å². The summed E-state index contributed by atoms with van der Waals surface area (Å²) in [6, 6.07) is 0. The first-order valence-electron chi connectivity index (χ1n) is 5.12. The van der Waals surface area contributed by atoms with E-state index in [0.717, 1.165) is 0 Å². The zero-order valence-corrected chi connectivity index (χ0v) is 8.76. The summed E-state index contributed by atoms with van der Waals surface area (Å²) >= 11 is 0. The largest absolute Gasteiger partial charge is 0.457 e. The van der Waals surface area contributed by atoms with Crippen LogP contribution in [-0.2, 0) is 9.47 Å². The van der Waals surface area contributed by atoms with Gasteiger partial charge in [-0.15, -0.1) is 0 Å². The van der Waals surface area contributed by atoms with E-state index in [1.807, 2.05) is 0 Å². The van der Waals surface area contributed by atoms with Gasteiger partial charge in [0.2, 0.25) is 0 Å². The Morgan fingerprint density at radius 1 is 1.38 bits per heavy atom. The fourth-order valence-electron chi connectivity index (χ4n) is 1.51. The molecule has 1 aromatic rings. The minimum Gasteiger partial charge on any atom is -0.457 e. The van der Waals surface area contributed by atoms with Gasteiger partial charge in [-0.2, -0.15) is 0 Å². The number of hydrogen-bond donors (Lipinski definition) is 1. The molecule has 1 saturated heterocycles. The van der Waals surface area contributed by atoms with Crippen molar-refractivity contribution >= 4 is 11.8 Å². The lowest BCUT2D eigenvalue weighted by atomic mass is 10.1. The van der Waals surface area contributed by atoms with Crippen LogP contribution < -0.4 is 5.73 Å². The highest BCUT2D eigenvalue weighted by Gasteiger charge is 2.21. The number of aromatic nitrogens is 2. The smallest absolute Gasteiger partial charge is 0.361 e. The highest BCUT2D eigenvalue weighted by Crippen LogP contribution is 2.14. The number of nitrogens with two attached hydrogens (primary N) is 1. The molecule has 1 aromatic heterocycles. The average Bonchev–Trinajstić information content (AvgIpc) is 2.31. The number of hydrogen-bond acceptors (Lipinski definition) is 6. The Bertz CT molecular complexity index is 377. The minimum atomic E-state index is -0.516. The first-order chi connectivity index (χ1) is 7.77. The second-order valence-corrected chi connectivity index (χ2v) is 3.51. The molecule has 2 N–H and O–H groups in total. The molecule has 1 aliphatic heterocycles. The third kappa shape index (κ3) is 2.46. The molecule has 6 nitrogen and oxygen atoms in total. The van der Waals surface area contributed by atoms with Crippen molar-refractivity contribution in [3.8, 4) is 0 Å². The van der Waals surface area contributed by atoms with Gasteiger partial charge in [0, 0.05) is 25.2 Å². The van der Waals surface area contributed by atoms with E-state index < -0.39 is 5.97 Å². The van der Waals surface area contributed by atoms with Crippen molar-refractivity contribution in [2.24, 2.45) is 0 Å². The predicted octanol–water partition coefficient (Wildman–Crippen LogP) is 0.395. The van der Waals surface area contributed by atoms with Crippen molar-refractivity contribution in [2.75, 3.05) is 18.9 Å². The number of carbonyl (C=O) groups excluding carboxylic acids is 1. The van der Waals surface area contributed by atoms with E-state index in [1.54, 1.807) is 0 Å². The Morgan fingerprint density at radius 2 is 2.06 bits per heavy atom. The Kier molecular flexibility index (Phi) is 3.31. The Labute approximate surface area is 92.8 Å². The molecule has 16 heavy (non-hydrogen) atoms. The van der Waals surface area contributed by atoms with Crippen molar-refractivity contribution in [1.82, 2.24) is 9.97 Å². The minimum absolute atomic E-state index is 0.0778. The second-order valence-electron chi connectivity index (χ2n) is 3.51. The van der Waals surface area contributed by atoms with Gasteiger partial charge in [-0.1, -0.05) is 0 Å². The predicted molar refractivity (Wildman–Crippen MR) is 55.7 cm³/mol. The molecule has 6 heteroatoms. The van der Waals surface area contributed by atoms with E-state index in [2.05, 4.69) is 9.97 Å². The van der Waals surface area contributed by atoms with Crippen LogP contribution in [0, 0.1) is 0 Å². The maximum absolute atomic E-state index is 11.7. The fourth-order valence-corrected chi connectivity index (χ4v) is 1.51. The van der Waals surface area contributed by atoms with Gasteiger partial charge < -0.3 is 15.2 Å². The molecular formula is C10H13N3O3. The second kappa shape index (κ2) is 4.89. The number of carbonyl (C=O) groups is 1. The molecule has 0 bridgehead atoms. The molecule has 1 aliphatic rings. The van der Waals surface area contributed by atoms with Gasteiger partial charge in [0.25, 0.3) is 0 Å². The monoisotopic (exact) mass is 223 g/mol. The van der Waals surface area contributed by atoms with Crippen LogP contribution in [0.15, 0.2) is 12.4 Å². The van der Waals surface area contributed by atoms with Crippen LogP contribution in [0.5, 0.6) is 0 Å². The van der Waals surface area contributed by atoms with Crippen molar-refractivity contribution in [1.29, 1.82) is 0 Å². The van der Waals surface area contributed by atoms with E-state index >= 15 is 0 Å². The number of rotatable bonds is 2. The van der Waals surface area contributed by atoms with E-state index in [9.17, 15) is 4.79 Å². The molecular weight excluding hydrogens is 210 g/mol. The lowest BCUT2D eigenvalue weighted by Gasteiger charge is -2.21. The van der Waals surface area contributed by atoms with Crippen LogP contribution >= 0.6 is 0 Å². The summed E-state index contributed by atoms with van der Waals surface area (Å²) < 4.78 is 10.4. The van der Waals surface area contributed by atoms with E-state index in [-0.39, 0.29) is 17.6 Å². The van der Waals surface area contributed by atoms with Gasteiger partial charge in [-0.25, -0.2) is 14.8 Å². The summed E-state index contributed by atoms with van der Waals surface area (Å²) in [5.41, 5.74) is 5.61. The molecule has 2 heterocycles. The van der Waals surface area contributed by atoms with Crippen molar-refractivity contribution < 1.29 is 14.3 Å². The first kappa shape index (κ1) is 10.8. The summed E-state index contributed by atoms with van der Waals surface area (Å²) in [4.78, 5) is 19.3. The van der Waals surface area contributed by atoms with Gasteiger partial charge in [-0.3, -0.25) is 0 Å². The molecule has 0 atom stereocenters. The molecule has 0 saturated carbocycles. The number of nitrogens with zero attached hydrogens (tertiary/aromatic N) is 2. The van der Waals surface area contributed by atoms with Crippen LogP contribution in [0.4, 0.5) is 5.82 Å². The average molecular weight is 223 g/mol. The van der Waals surface area contributed by atoms with Crippen LogP contribution in [-0.4, -0.2) is 35.3 Å². The summed E-state index contributed by atoms with van der Waals surface area (Å²) in [5, 5.41) is 0. The van der Waals surface area contributed by atoms with Crippen LogP contribution in [0.25, 0.3) is 0 Å². The summed E-state index contributed by atoms with van der Waals surface area (Å²) in [6.07, 6.45) is 4.16. The molecule has 0 unspecified atom stereocenters. The first-order valence-corrected chi connectivity index (χ1v) is 5.12. The molecule has 86 valence electrons. The van der Waals surface area contributed by atoms with Gasteiger partial charge in [0.1, 0.15) is 6.10 Å². The highest BCUT2D eigenvalue weighted by atomic mass is 16.6.